The molecule has 104 valence electrons. The molecule has 1 aliphatic rings. The van der Waals surface area contributed by atoms with Crippen LogP contribution in [0.1, 0.15) is 12.8 Å². The molecule has 1 amide bonds. The Hall–Kier alpha value is -0.420. The highest BCUT2D eigenvalue weighted by Crippen LogP contribution is 2.29. The Bertz CT molecular complexity index is 450. The standard InChI is InChI=1S/C13H15Cl2NO2S/c14-9-3-4-11(15)12(6-9)19-8-13(17)16-7-10-2-1-5-18-10/h3-4,6,10H,1-2,5,7-8H2,(H,16,17)/t10-/m0/s1. The van der Waals surface area contributed by atoms with E-state index in [1.165, 1.54) is 11.8 Å². The van der Waals surface area contributed by atoms with E-state index in [-0.39, 0.29) is 12.0 Å². The van der Waals surface area contributed by atoms with E-state index in [1.54, 1.807) is 18.2 Å². The average Bonchev–Trinajstić information content (AvgIpc) is 2.90. The van der Waals surface area contributed by atoms with Gasteiger partial charge in [-0.2, -0.15) is 0 Å². The van der Waals surface area contributed by atoms with Gasteiger partial charge < -0.3 is 10.1 Å². The van der Waals surface area contributed by atoms with Gasteiger partial charge in [0.15, 0.2) is 0 Å². The van der Waals surface area contributed by atoms with Gasteiger partial charge >= 0.3 is 0 Å². The topological polar surface area (TPSA) is 38.3 Å². The molecule has 1 heterocycles. The van der Waals surface area contributed by atoms with E-state index in [2.05, 4.69) is 5.32 Å². The number of carbonyl (C=O) groups is 1. The van der Waals surface area contributed by atoms with Crippen LogP contribution < -0.4 is 5.32 Å². The lowest BCUT2D eigenvalue weighted by atomic mass is 10.2. The lowest BCUT2D eigenvalue weighted by molar-refractivity contribution is -0.119. The fourth-order valence-corrected chi connectivity index (χ4v) is 3.14. The molecule has 1 aromatic rings. The van der Waals surface area contributed by atoms with E-state index < -0.39 is 0 Å². The maximum atomic E-state index is 11.7. The predicted octanol–water partition coefficient (Wildman–Crippen LogP) is 3.38. The molecule has 1 aromatic carbocycles. The second kappa shape index (κ2) is 7.39. The zero-order valence-corrected chi connectivity index (χ0v) is 12.7. The Labute approximate surface area is 127 Å². The second-order valence-electron chi connectivity index (χ2n) is 4.30. The number of benzene rings is 1. The number of halogens is 2. The van der Waals surface area contributed by atoms with Gasteiger partial charge in [0.05, 0.1) is 16.9 Å². The fourth-order valence-electron chi connectivity index (χ4n) is 1.82. The maximum Gasteiger partial charge on any atom is 0.230 e. The first kappa shape index (κ1) is 15.0. The largest absolute Gasteiger partial charge is 0.376 e. The smallest absolute Gasteiger partial charge is 0.230 e. The quantitative estimate of drug-likeness (QED) is 0.845. The Balaban J connectivity index is 1.74. The van der Waals surface area contributed by atoms with Gasteiger partial charge in [-0.1, -0.05) is 23.2 Å². The van der Waals surface area contributed by atoms with Gasteiger partial charge in [-0.05, 0) is 31.0 Å². The van der Waals surface area contributed by atoms with Crippen molar-refractivity contribution in [3.63, 3.8) is 0 Å². The van der Waals surface area contributed by atoms with Crippen LogP contribution in [0.2, 0.25) is 10.0 Å². The van der Waals surface area contributed by atoms with Crippen molar-refractivity contribution in [3.8, 4) is 0 Å². The van der Waals surface area contributed by atoms with Crippen molar-refractivity contribution in [2.75, 3.05) is 18.9 Å². The summed E-state index contributed by atoms with van der Waals surface area (Å²) in [5.41, 5.74) is 0. The minimum absolute atomic E-state index is 0.0171. The maximum absolute atomic E-state index is 11.7. The van der Waals surface area contributed by atoms with E-state index in [4.69, 9.17) is 27.9 Å². The predicted molar refractivity (Wildman–Crippen MR) is 79.2 cm³/mol. The highest BCUT2D eigenvalue weighted by Gasteiger charge is 2.16. The van der Waals surface area contributed by atoms with Crippen molar-refractivity contribution in [3.05, 3.63) is 28.2 Å². The normalized spacial score (nSPS) is 18.5. The lowest BCUT2D eigenvalue weighted by Crippen LogP contribution is -2.32. The first-order valence-corrected chi connectivity index (χ1v) is 7.85. The summed E-state index contributed by atoms with van der Waals surface area (Å²) >= 11 is 13.3. The van der Waals surface area contributed by atoms with Crippen LogP contribution in [0.25, 0.3) is 0 Å². The number of hydrogen-bond acceptors (Lipinski definition) is 3. The van der Waals surface area contributed by atoms with E-state index >= 15 is 0 Å². The van der Waals surface area contributed by atoms with Gasteiger partial charge in [-0.15, -0.1) is 11.8 Å². The van der Waals surface area contributed by atoms with Crippen molar-refractivity contribution in [2.45, 2.75) is 23.8 Å². The number of ether oxygens (including phenoxy) is 1. The van der Waals surface area contributed by atoms with Crippen molar-refractivity contribution in [2.24, 2.45) is 0 Å². The van der Waals surface area contributed by atoms with Crippen molar-refractivity contribution < 1.29 is 9.53 Å². The summed E-state index contributed by atoms with van der Waals surface area (Å²) in [5, 5.41) is 4.10. The minimum Gasteiger partial charge on any atom is -0.376 e. The van der Waals surface area contributed by atoms with Crippen LogP contribution in [0.15, 0.2) is 23.1 Å². The molecule has 0 radical (unpaired) electrons. The highest BCUT2D eigenvalue weighted by atomic mass is 35.5. The van der Waals surface area contributed by atoms with Crippen LogP contribution in [0.4, 0.5) is 0 Å². The van der Waals surface area contributed by atoms with Gasteiger partial charge in [0.2, 0.25) is 5.91 Å². The van der Waals surface area contributed by atoms with Crippen LogP contribution in [-0.4, -0.2) is 30.9 Å². The third kappa shape index (κ3) is 4.88. The summed E-state index contributed by atoms with van der Waals surface area (Å²) in [6.45, 7) is 1.39. The molecule has 1 fully saturated rings. The Morgan fingerprint density at radius 2 is 2.32 bits per heavy atom. The molecule has 1 atom stereocenters. The molecule has 19 heavy (non-hydrogen) atoms. The lowest BCUT2D eigenvalue weighted by Gasteiger charge is -2.10. The second-order valence-corrected chi connectivity index (χ2v) is 6.16. The molecule has 0 saturated carbocycles. The van der Waals surface area contributed by atoms with Crippen LogP contribution >= 0.6 is 35.0 Å². The summed E-state index contributed by atoms with van der Waals surface area (Å²) in [6, 6.07) is 5.23. The number of rotatable bonds is 5. The van der Waals surface area contributed by atoms with Crippen LogP contribution in [0.3, 0.4) is 0 Å². The number of amides is 1. The SMILES string of the molecule is O=C(CSc1cc(Cl)ccc1Cl)NC[C@@H]1CCCO1. The van der Waals surface area contributed by atoms with E-state index in [0.29, 0.717) is 22.3 Å². The summed E-state index contributed by atoms with van der Waals surface area (Å²) in [5.74, 6) is 0.309. The molecule has 0 unspecified atom stereocenters. The van der Waals surface area contributed by atoms with E-state index in [0.717, 1.165) is 24.3 Å². The molecule has 0 bridgehead atoms. The van der Waals surface area contributed by atoms with E-state index in [1.807, 2.05) is 0 Å². The zero-order chi connectivity index (χ0) is 13.7. The monoisotopic (exact) mass is 319 g/mol. The Kier molecular flexibility index (Phi) is 5.82. The first-order valence-electron chi connectivity index (χ1n) is 6.11. The number of hydrogen-bond donors (Lipinski definition) is 1. The molecule has 6 heteroatoms. The summed E-state index contributed by atoms with van der Waals surface area (Å²) < 4.78 is 5.44. The summed E-state index contributed by atoms with van der Waals surface area (Å²) in [7, 11) is 0. The van der Waals surface area contributed by atoms with E-state index in [9.17, 15) is 4.79 Å². The molecule has 2 rings (SSSR count). The van der Waals surface area contributed by atoms with Gasteiger partial charge in [0.1, 0.15) is 0 Å². The molecule has 3 nitrogen and oxygen atoms in total. The van der Waals surface area contributed by atoms with Crippen molar-refractivity contribution >= 4 is 40.9 Å². The Morgan fingerprint density at radius 1 is 1.47 bits per heavy atom. The summed E-state index contributed by atoms with van der Waals surface area (Å²) in [6.07, 6.45) is 2.27. The van der Waals surface area contributed by atoms with Gasteiger partial charge in [-0.3, -0.25) is 4.79 Å². The third-order valence-electron chi connectivity index (χ3n) is 2.80. The number of thioether (sulfide) groups is 1. The molecular weight excluding hydrogens is 305 g/mol. The number of nitrogens with one attached hydrogen (secondary N) is 1. The Morgan fingerprint density at radius 3 is 3.05 bits per heavy atom. The highest BCUT2D eigenvalue weighted by molar-refractivity contribution is 8.00. The van der Waals surface area contributed by atoms with Crippen molar-refractivity contribution in [1.29, 1.82) is 0 Å². The first-order chi connectivity index (χ1) is 9.15. The fraction of sp³-hybridized carbons (Fsp3) is 0.462. The van der Waals surface area contributed by atoms with Gasteiger partial charge in [0.25, 0.3) is 0 Å². The molecule has 1 N–H and O–H groups in total. The average molecular weight is 320 g/mol. The van der Waals surface area contributed by atoms with Gasteiger partial charge in [0, 0.05) is 23.1 Å². The number of carbonyl (C=O) groups excluding carboxylic acids is 1. The molecule has 1 aliphatic heterocycles. The molecule has 0 aliphatic carbocycles. The van der Waals surface area contributed by atoms with Crippen LogP contribution in [-0.2, 0) is 9.53 Å². The van der Waals surface area contributed by atoms with Crippen LogP contribution in [0.5, 0.6) is 0 Å². The zero-order valence-electron chi connectivity index (χ0n) is 10.3. The van der Waals surface area contributed by atoms with Crippen LogP contribution in [0, 0.1) is 0 Å². The van der Waals surface area contributed by atoms with Crippen molar-refractivity contribution in [1.82, 2.24) is 5.32 Å². The summed E-state index contributed by atoms with van der Waals surface area (Å²) in [4.78, 5) is 12.5. The molecule has 1 saturated heterocycles. The third-order valence-corrected chi connectivity index (χ3v) is 4.53. The molecular formula is C13H15Cl2NO2S. The molecule has 0 spiro atoms. The van der Waals surface area contributed by atoms with Gasteiger partial charge in [-0.25, -0.2) is 0 Å². The minimum atomic E-state index is -0.0171. The molecule has 0 aromatic heterocycles.